The van der Waals surface area contributed by atoms with E-state index in [1.54, 1.807) is 19.2 Å². The van der Waals surface area contributed by atoms with Crippen molar-refractivity contribution in [3.05, 3.63) is 33.4 Å². The predicted molar refractivity (Wildman–Crippen MR) is 58.9 cm³/mol. The second-order valence-corrected chi connectivity index (χ2v) is 3.96. The van der Waals surface area contributed by atoms with Gasteiger partial charge in [0, 0.05) is 6.07 Å². The molecule has 2 aromatic rings. The Morgan fingerprint density at radius 2 is 1.93 bits per heavy atom. The number of hydrogen-bond acceptors (Lipinski definition) is 3. The average molecular weight is 264 g/mol. The van der Waals surface area contributed by atoms with Crippen LogP contribution in [0.3, 0.4) is 0 Å². The Labute approximate surface area is 101 Å². The van der Waals surface area contributed by atoms with E-state index in [2.05, 4.69) is 15.1 Å². The van der Waals surface area contributed by atoms with E-state index >= 15 is 0 Å². The van der Waals surface area contributed by atoms with Gasteiger partial charge in [0.2, 0.25) is 5.28 Å². The van der Waals surface area contributed by atoms with Crippen LogP contribution in [-0.2, 0) is 0 Å². The van der Waals surface area contributed by atoms with E-state index in [1.165, 1.54) is 4.68 Å². The molecule has 0 N–H and O–H groups in total. The van der Waals surface area contributed by atoms with Gasteiger partial charge in [-0.3, -0.25) is 0 Å². The molecule has 0 saturated heterocycles. The van der Waals surface area contributed by atoms with Crippen LogP contribution in [0.5, 0.6) is 0 Å². The summed E-state index contributed by atoms with van der Waals surface area (Å²) >= 11 is 17.3. The molecular formula is C8H5Cl3N4. The monoisotopic (exact) mass is 262 g/mol. The summed E-state index contributed by atoms with van der Waals surface area (Å²) in [7, 11) is 0. The predicted octanol–water partition coefficient (Wildman–Crippen LogP) is 2.93. The zero-order valence-electron chi connectivity index (χ0n) is 7.58. The van der Waals surface area contributed by atoms with Gasteiger partial charge in [0.1, 0.15) is 5.15 Å². The van der Waals surface area contributed by atoms with E-state index in [9.17, 15) is 0 Å². The standard InChI is InChI=1S/C8H5Cl3N4/c1-4-5(9)3-15(14-4)7-2-6(10)12-8(11)13-7/h2-3H,1H3. The molecule has 7 heteroatoms. The minimum atomic E-state index is 0.0711. The largest absolute Gasteiger partial charge is 0.225 e. The number of aromatic nitrogens is 4. The van der Waals surface area contributed by atoms with Crippen molar-refractivity contribution in [3.63, 3.8) is 0 Å². The summed E-state index contributed by atoms with van der Waals surface area (Å²) < 4.78 is 1.50. The Morgan fingerprint density at radius 1 is 1.20 bits per heavy atom. The molecule has 0 spiro atoms. The van der Waals surface area contributed by atoms with Gasteiger partial charge in [-0.05, 0) is 18.5 Å². The smallest absolute Gasteiger partial charge is 0.221 e. The molecule has 0 aliphatic rings. The van der Waals surface area contributed by atoms with E-state index in [-0.39, 0.29) is 10.4 Å². The highest BCUT2D eigenvalue weighted by molar-refractivity contribution is 6.32. The summed E-state index contributed by atoms with van der Waals surface area (Å²) in [5.41, 5.74) is 0.711. The Balaban J connectivity index is 2.53. The molecule has 4 nitrogen and oxygen atoms in total. The van der Waals surface area contributed by atoms with E-state index in [0.717, 1.165) is 0 Å². The molecule has 0 amide bonds. The van der Waals surface area contributed by atoms with E-state index < -0.39 is 0 Å². The maximum absolute atomic E-state index is 5.87. The first kappa shape index (κ1) is 10.7. The van der Waals surface area contributed by atoms with Crippen molar-refractivity contribution in [3.8, 4) is 5.82 Å². The molecule has 15 heavy (non-hydrogen) atoms. The van der Waals surface area contributed by atoms with Crippen molar-refractivity contribution in [2.24, 2.45) is 0 Å². The highest BCUT2D eigenvalue weighted by Crippen LogP contribution is 2.18. The van der Waals surface area contributed by atoms with Crippen LogP contribution in [0.15, 0.2) is 12.3 Å². The minimum Gasteiger partial charge on any atom is -0.221 e. The third-order valence-electron chi connectivity index (χ3n) is 1.73. The van der Waals surface area contributed by atoms with Crippen molar-refractivity contribution in [2.75, 3.05) is 0 Å². The van der Waals surface area contributed by atoms with Crippen LogP contribution in [0, 0.1) is 6.92 Å². The van der Waals surface area contributed by atoms with Crippen LogP contribution in [0.4, 0.5) is 0 Å². The van der Waals surface area contributed by atoms with Crippen molar-refractivity contribution < 1.29 is 0 Å². The summed E-state index contributed by atoms with van der Waals surface area (Å²) in [6.07, 6.45) is 1.63. The molecule has 2 aromatic heterocycles. The van der Waals surface area contributed by atoms with Crippen molar-refractivity contribution >= 4 is 34.8 Å². The summed E-state index contributed by atoms with van der Waals surface area (Å²) in [5, 5.41) is 5.03. The molecule has 0 aliphatic carbocycles. The summed E-state index contributed by atoms with van der Waals surface area (Å²) in [6, 6.07) is 1.55. The first-order valence-electron chi connectivity index (χ1n) is 3.98. The van der Waals surface area contributed by atoms with Crippen LogP contribution < -0.4 is 0 Å². The lowest BCUT2D eigenvalue weighted by molar-refractivity contribution is 0.826. The number of hydrogen-bond donors (Lipinski definition) is 0. The maximum atomic E-state index is 5.87. The third kappa shape index (κ3) is 2.22. The summed E-state index contributed by atoms with van der Waals surface area (Å²) in [6.45, 7) is 1.79. The van der Waals surface area contributed by atoms with Crippen LogP contribution in [0.2, 0.25) is 15.5 Å². The average Bonchev–Trinajstić information content (AvgIpc) is 2.45. The fourth-order valence-corrected chi connectivity index (χ4v) is 1.58. The first-order chi connectivity index (χ1) is 7.06. The highest BCUT2D eigenvalue weighted by Gasteiger charge is 2.07. The van der Waals surface area contributed by atoms with Crippen LogP contribution >= 0.6 is 34.8 Å². The van der Waals surface area contributed by atoms with Gasteiger partial charge < -0.3 is 0 Å². The Kier molecular flexibility index (Phi) is 2.82. The van der Waals surface area contributed by atoms with Gasteiger partial charge in [-0.15, -0.1) is 0 Å². The molecule has 0 fully saturated rings. The lowest BCUT2D eigenvalue weighted by atomic mass is 10.5. The molecule has 0 unspecified atom stereocenters. The zero-order valence-corrected chi connectivity index (χ0v) is 9.85. The van der Waals surface area contributed by atoms with Gasteiger partial charge in [0.15, 0.2) is 5.82 Å². The van der Waals surface area contributed by atoms with Gasteiger partial charge in [-0.2, -0.15) is 10.1 Å². The molecule has 0 radical (unpaired) electrons. The van der Waals surface area contributed by atoms with E-state index in [4.69, 9.17) is 34.8 Å². The third-order valence-corrected chi connectivity index (χ3v) is 2.46. The summed E-state index contributed by atoms with van der Waals surface area (Å²) in [5.74, 6) is 0.481. The fraction of sp³-hybridized carbons (Fsp3) is 0.125. The van der Waals surface area contributed by atoms with Crippen molar-refractivity contribution in [1.29, 1.82) is 0 Å². The normalized spacial score (nSPS) is 10.7. The Morgan fingerprint density at radius 3 is 2.47 bits per heavy atom. The highest BCUT2D eigenvalue weighted by atomic mass is 35.5. The van der Waals surface area contributed by atoms with E-state index in [1.807, 2.05) is 0 Å². The molecule has 0 aliphatic heterocycles. The molecule has 0 atom stereocenters. The van der Waals surface area contributed by atoms with Crippen molar-refractivity contribution in [2.45, 2.75) is 6.92 Å². The molecule has 0 bridgehead atoms. The minimum absolute atomic E-state index is 0.0711. The number of nitrogens with zero attached hydrogens (tertiary/aromatic N) is 4. The van der Waals surface area contributed by atoms with Crippen LogP contribution in [0.25, 0.3) is 5.82 Å². The second-order valence-electron chi connectivity index (χ2n) is 2.82. The number of rotatable bonds is 1. The molecule has 0 aromatic carbocycles. The molecule has 78 valence electrons. The van der Waals surface area contributed by atoms with Gasteiger partial charge >= 0.3 is 0 Å². The van der Waals surface area contributed by atoms with Gasteiger partial charge in [-0.1, -0.05) is 23.2 Å². The lowest BCUT2D eigenvalue weighted by Gasteiger charge is -2.00. The molecule has 2 rings (SSSR count). The Bertz CT molecular complexity index is 469. The van der Waals surface area contributed by atoms with Crippen molar-refractivity contribution in [1.82, 2.24) is 19.7 Å². The molecular weight excluding hydrogens is 258 g/mol. The molecule has 0 saturated carbocycles. The first-order valence-corrected chi connectivity index (χ1v) is 5.12. The van der Waals surface area contributed by atoms with Gasteiger partial charge in [-0.25, -0.2) is 9.67 Å². The lowest BCUT2D eigenvalue weighted by Crippen LogP contribution is -1.99. The second kappa shape index (κ2) is 3.96. The Hall–Kier alpha value is -0.840. The topological polar surface area (TPSA) is 43.6 Å². The van der Waals surface area contributed by atoms with Crippen LogP contribution in [0.1, 0.15) is 5.69 Å². The van der Waals surface area contributed by atoms with Gasteiger partial charge in [0.25, 0.3) is 0 Å². The van der Waals surface area contributed by atoms with Gasteiger partial charge in [0.05, 0.1) is 16.9 Å². The zero-order chi connectivity index (χ0) is 11.0. The van der Waals surface area contributed by atoms with E-state index in [0.29, 0.717) is 16.5 Å². The maximum Gasteiger partial charge on any atom is 0.225 e. The number of halogens is 3. The molecule has 2 heterocycles. The fourth-order valence-electron chi connectivity index (χ4n) is 1.05. The number of aryl methyl sites for hydroxylation is 1. The summed E-state index contributed by atoms with van der Waals surface area (Å²) in [4.78, 5) is 7.71. The quantitative estimate of drug-likeness (QED) is 0.587. The SMILES string of the molecule is Cc1nn(-c2cc(Cl)nc(Cl)n2)cc1Cl. The van der Waals surface area contributed by atoms with Crippen LogP contribution in [-0.4, -0.2) is 19.7 Å².